The van der Waals surface area contributed by atoms with Gasteiger partial charge in [-0.2, -0.15) is 9.63 Å². The van der Waals surface area contributed by atoms with E-state index < -0.39 is 35.5 Å². The molecule has 1 aliphatic heterocycles. The summed E-state index contributed by atoms with van der Waals surface area (Å²) in [6, 6.07) is 7.35. The number of nitrogens with two attached hydrogens (primary N) is 1. The number of aromatic nitrogens is 1. The molecule has 0 radical (unpaired) electrons. The monoisotopic (exact) mass is 554 g/mol. The Kier molecular flexibility index (Phi) is 10.3. The third-order valence-electron chi connectivity index (χ3n) is 5.61. The predicted octanol–water partition coefficient (Wildman–Crippen LogP) is 0.588. The minimum Gasteiger partial charge on any atom is -0.550 e. The minimum atomic E-state index is -1.08. The first-order chi connectivity index (χ1) is 18.4. The average molecular weight is 555 g/mol. The summed E-state index contributed by atoms with van der Waals surface area (Å²) in [4.78, 5) is 59.4. The van der Waals surface area contributed by atoms with E-state index in [-0.39, 0.29) is 5.91 Å². The van der Waals surface area contributed by atoms with Gasteiger partial charge in [-0.3, -0.25) is 19.2 Å². The number of pyridine rings is 1. The second-order valence-electron chi connectivity index (χ2n) is 10.5. The zero-order valence-corrected chi connectivity index (χ0v) is 24.4. The van der Waals surface area contributed by atoms with Crippen molar-refractivity contribution >= 4 is 46.5 Å². The average Bonchev–Trinajstić information content (AvgIpc) is 3.08. The quantitative estimate of drug-likeness (QED) is 0.390. The molecule has 12 nitrogen and oxygen atoms in total. The van der Waals surface area contributed by atoms with Crippen molar-refractivity contribution < 1.29 is 33.7 Å². The summed E-state index contributed by atoms with van der Waals surface area (Å²) in [6.45, 7) is 11.4. The molecule has 1 aliphatic rings. The Hall–Kier alpha value is -4.16. The summed E-state index contributed by atoms with van der Waals surface area (Å²) in [5.41, 5.74) is 8.61. The van der Waals surface area contributed by atoms with E-state index >= 15 is 0 Å². The molecule has 0 bridgehead atoms. The first-order valence-electron chi connectivity index (χ1n) is 12.7. The van der Waals surface area contributed by atoms with Gasteiger partial charge in [0.2, 0.25) is 11.6 Å². The molecule has 1 aromatic carbocycles. The van der Waals surface area contributed by atoms with E-state index in [0.29, 0.717) is 17.1 Å². The van der Waals surface area contributed by atoms with Crippen LogP contribution in [-0.4, -0.2) is 54.1 Å². The Bertz CT molecular complexity index is 1330. The molecule has 3 N–H and O–H groups in total. The maximum atomic E-state index is 13.3. The summed E-state index contributed by atoms with van der Waals surface area (Å²) < 4.78 is 1.87. The lowest BCUT2D eigenvalue weighted by Gasteiger charge is -2.32. The topological polar surface area (TPSA) is 161 Å². The summed E-state index contributed by atoms with van der Waals surface area (Å²) in [6.07, 6.45) is 1.87. The number of anilines is 2. The molecule has 3 rings (SSSR count). The number of aliphatic imine (C=N–C) groups is 1. The molecular weight excluding hydrogens is 516 g/mol. The van der Waals surface area contributed by atoms with E-state index in [0.717, 1.165) is 23.9 Å². The van der Waals surface area contributed by atoms with Gasteiger partial charge in [-0.15, -0.1) is 0 Å². The van der Waals surface area contributed by atoms with Gasteiger partial charge >= 0.3 is 0 Å². The normalized spacial score (nSPS) is 15.1. The molecule has 2 heterocycles. The summed E-state index contributed by atoms with van der Waals surface area (Å²) in [5.74, 6) is -2.17. The highest BCUT2D eigenvalue weighted by Crippen LogP contribution is 2.31. The number of aliphatic carboxylic acids is 1. The van der Waals surface area contributed by atoms with E-state index in [9.17, 15) is 14.4 Å². The molecule has 0 saturated heterocycles. The van der Waals surface area contributed by atoms with E-state index in [1.54, 1.807) is 44.0 Å². The van der Waals surface area contributed by atoms with Crippen LogP contribution in [-0.2, 0) is 31.1 Å². The Morgan fingerprint density at radius 3 is 2.33 bits per heavy atom. The van der Waals surface area contributed by atoms with Crippen molar-refractivity contribution in [3.63, 3.8) is 0 Å². The Morgan fingerprint density at radius 1 is 1.20 bits per heavy atom. The number of hydrogen-bond donors (Lipinski definition) is 2. The Balaban J connectivity index is 0.00000131. The lowest BCUT2D eigenvalue weighted by Crippen LogP contribution is -2.52. The van der Waals surface area contributed by atoms with Crippen molar-refractivity contribution in [3.05, 3.63) is 47.8 Å². The largest absolute Gasteiger partial charge is 0.550 e. The van der Waals surface area contributed by atoms with Crippen molar-refractivity contribution in [2.24, 2.45) is 17.8 Å². The fourth-order valence-corrected chi connectivity index (χ4v) is 3.72. The maximum absolute atomic E-state index is 13.3. The predicted molar refractivity (Wildman–Crippen MR) is 149 cm³/mol. The van der Waals surface area contributed by atoms with Gasteiger partial charge in [0.05, 0.1) is 23.0 Å². The number of rotatable bonds is 6. The van der Waals surface area contributed by atoms with Gasteiger partial charge in [-0.1, -0.05) is 0 Å². The van der Waals surface area contributed by atoms with Crippen LogP contribution in [0.3, 0.4) is 0 Å². The van der Waals surface area contributed by atoms with Crippen LogP contribution in [0.25, 0.3) is 0 Å². The van der Waals surface area contributed by atoms with Crippen molar-refractivity contribution in [2.75, 3.05) is 17.0 Å². The fraction of sp³-hybridized carbons (Fsp3) is 0.429. The number of hydroxylamine groups is 1. The van der Waals surface area contributed by atoms with E-state index in [1.807, 2.05) is 57.6 Å². The number of fused-ring (bicyclic) bond motifs is 1. The molecule has 216 valence electrons. The molecule has 3 amide bonds. The minimum absolute atomic E-state index is 0.193. The third kappa shape index (κ3) is 7.93. The molecule has 2 atom stereocenters. The van der Waals surface area contributed by atoms with E-state index in [2.05, 4.69) is 5.32 Å². The van der Waals surface area contributed by atoms with Crippen LogP contribution < -0.4 is 30.7 Å². The second kappa shape index (κ2) is 12.8. The number of likely N-dealkylation sites (N-methyl/N-ethyl adjacent to an activating group) is 1. The SMILES string of the molecule is CC(=O)[O-].Cc1cc(N(OC(C)(C)C)C(=O)[C@H](C)NC(=O)[C@H](C)N)ccc1N=C1C(=O)N(C)c2ccc[n+](C)c21. The highest BCUT2D eigenvalue weighted by atomic mass is 16.7. The number of aryl methyl sites for hydroxylation is 2. The molecule has 0 fully saturated rings. The Morgan fingerprint density at radius 2 is 1.80 bits per heavy atom. The van der Waals surface area contributed by atoms with Crippen LogP contribution in [0.2, 0.25) is 0 Å². The number of hydrogen-bond acceptors (Lipinski definition) is 8. The highest BCUT2D eigenvalue weighted by Gasteiger charge is 2.39. The molecule has 40 heavy (non-hydrogen) atoms. The molecule has 0 spiro atoms. The van der Waals surface area contributed by atoms with Crippen molar-refractivity contribution in [2.45, 2.75) is 66.2 Å². The third-order valence-corrected chi connectivity index (χ3v) is 5.61. The number of carboxylic acids is 1. The molecule has 0 saturated carbocycles. The van der Waals surface area contributed by atoms with Gasteiger partial charge < -0.3 is 25.9 Å². The van der Waals surface area contributed by atoms with Crippen molar-refractivity contribution in [1.82, 2.24) is 5.32 Å². The van der Waals surface area contributed by atoms with Crippen LogP contribution in [0, 0.1) is 6.92 Å². The van der Waals surface area contributed by atoms with Gasteiger partial charge in [-0.25, -0.2) is 4.99 Å². The highest BCUT2D eigenvalue weighted by molar-refractivity contribution is 6.53. The Labute approximate surface area is 234 Å². The number of carboxylic acid groups (broad SMARTS) is 1. The van der Waals surface area contributed by atoms with Gasteiger partial charge in [0.15, 0.2) is 6.20 Å². The fourth-order valence-electron chi connectivity index (χ4n) is 3.72. The first-order valence-corrected chi connectivity index (χ1v) is 12.7. The molecule has 0 unspecified atom stereocenters. The van der Waals surface area contributed by atoms with Crippen LogP contribution in [0.1, 0.15) is 52.8 Å². The van der Waals surface area contributed by atoms with Gasteiger partial charge in [0, 0.05) is 19.1 Å². The molecule has 2 aromatic rings. The van der Waals surface area contributed by atoms with Gasteiger partial charge in [0.25, 0.3) is 17.5 Å². The van der Waals surface area contributed by atoms with E-state index in [1.165, 1.54) is 5.06 Å². The zero-order chi connectivity index (χ0) is 30.5. The van der Waals surface area contributed by atoms with E-state index in [4.69, 9.17) is 25.5 Å². The van der Waals surface area contributed by atoms with Crippen LogP contribution in [0.5, 0.6) is 0 Å². The second-order valence-corrected chi connectivity index (χ2v) is 10.5. The summed E-state index contributed by atoms with van der Waals surface area (Å²) in [7, 11) is 3.59. The summed E-state index contributed by atoms with van der Waals surface area (Å²) in [5, 5.41) is 12.7. The van der Waals surface area contributed by atoms with Crippen molar-refractivity contribution in [3.8, 4) is 0 Å². The number of nitrogens with zero attached hydrogens (tertiary/aromatic N) is 4. The van der Waals surface area contributed by atoms with Crippen molar-refractivity contribution in [1.29, 1.82) is 0 Å². The van der Waals surface area contributed by atoms with Gasteiger partial charge in [0.1, 0.15) is 18.8 Å². The standard InChI is InChI=1S/C26H34N6O4.C2H4O2/c1-15-14-18(32(36-26(4,5)6)24(34)17(3)28-23(33)16(2)27)11-12-19(15)29-21-22-20(31(8)25(21)35)10-9-13-30(22)7;1-2(3)4/h9-14,16-17H,27H2,1-8H3;1H3,(H,3,4)/t16-,17-;/m0./s1. The number of nitrogens with one attached hydrogen (secondary N) is 1. The number of carbonyl (C=O) groups excluding carboxylic acids is 4. The number of benzene rings is 1. The molecule has 0 aliphatic carbocycles. The number of carbonyl (C=O) groups is 4. The molecule has 1 aromatic heterocycles. The molecular formula is C28H38N6O6. The van der Waals surface area contributed by atoms with Crippen LogP contribution in [0.4, 0.5) is 17.1 Å². The van der Waals surface area contributed by atoms with Gasteiger partial charge in [-0.05, 0) is 78.3 Å². The zero-order valence-electron chi connectivity index (χ0n) is 24.4. The first kappa shape index (κ1) is 32.1. The lowest BCUT2D eigenvalue weighted by molar-refractivity contribution is -0.671. The van der Waals surface area contributed by atoms with Crippen LogP contribution >= 0.6 is 0 Å². The lowest BCUT2D eigenvalue weighted by atomic mass is 10.1. The maximum Gasteiger partial charge on any atom is 0.283 e. The summed E-state index contributed by atoms with van der Waals surface area (Å²) >= 11 is 0. The molecule has 12 heteroatoms. The smallest absolute Gasteiger partial charge is 0.283 e. The number of amides is 3. The van der Waals surface area contributed by atoms with Crippen LogP contribution in [0.15, 0.2) is 41.5 Å².